The lowest BCUT2D eigenvalue weighted by molar-refractivity contribution is -0.136. The maximum absolute atomic E-state index is 14.0. The number of aromatic nitrogens is 1. The Bertz CT molecular complexity index is 857. The predicted octanol–water partition coefficient (Wildman–Crippen LogP) is 4.64. The van der Waals surface area contributed by atoms with Gasteiger partial charge in [0, 0.05) is 33.6 Å². The highest BCUT2D eigenvalue weighted by molar-refractivity contribution is 6.30. The van der Waals surface area contributed by atoms with Crippen molar-refractivity contribution in [3.63, 3.8) is 0 Å². The second-order valence-electron chi connectivity index (χ2n) is 5.12. The summed E-state index contributed by atoms with van der Waals surface area (Å²) in [4.78, 5) is 13.8. The minimum absolute atomic E-state index is 0.0919. The van der Waals surface area contributed by atoms with E-state index in [1.165, 1.54) is 6.07 Å². The molecule has 0 amide bonds. The number of carboxylic acids is 1. The highest BCUT2D eigenvalue weighted by Crippen LogP contribution is 2.28. The molecule has 3 nitrogen and oxygen atoms in total. The van der Waals surface area contributed by atoms with Crippen molar-refractivity contribution in [1.82, 2.24) is 4.98 Å². The van der Waals surface area contributed by atoms with Crippen molar-refractivity contribution in [2.75, 3.05) is 0 Å². The average Bonchev–Trinajstić information content (AvgIpc) is 2.87. The van der Waals surface area contributed by atoms with Crippen LogP contribution in [-0.2, 0) is 11.2 Å². The molecule has 0 bridgehead atoms. The first-order chi connectivity index (χ1) is 10.5. The maximum Gasteiger partial charge on any atom is 0.303 e. The summed E-state index contributed by atoms with van der Waals surface area (Å²) in [6.45, 7) is 0. The van der Waals surface area contributed by atoms with Crippen molar-refractivity contribution in [2.24, 2.45) is 0 Å². The molecule has 0 spiro atoms. The summed E-state index contributed by atoms with van der Waals surface area (Å²) in [5.41, 5.74) is 2.94. The van der Waals surface area contributed by atoms with E-state index in [0.29, 0.717) is 22.7 Å². The van der Waals surface area contributed by atoms with Crippen molar-refractivity contribution >= 4 is 28.5 Å². The van der Waals surface area contributed by atoms with Gasteiger partial charge in [-0.2, -0.15) is 0 Å². The number of carboxylic acid groups (broad SMARTS) is 1. The van der Waals surface area contributed by atoms with Crippen molar-refractivity contribution in [2.45, 2.75) is 12.8 Å². The van der Waals surface area contributed by atoms with Gasteiger partial charge in [-0.05, 0) is 48.4 Å². The van der Waals surface area contributed by atoms with Gasteiger partial charge >= 0.3 is 5.97 Å². The summed E-state index contributed by atoms with van der Waals surface area (Å²) in [6.07, 6.45) is 0.565. The van der Waals surface area contributed by atoms with E-state index in [1.807, 2.05) is 24.3 Å². The fourth-order valence-electron chi connectivity index (χ4n) is 2.44. The number of carbonyl (C=O) groups is 1. The zero-order chi connectivity index (χ0) is 15.7. The molecule has 1 aromatic heterocycles. The minimum Gasteiger partial charge on any atom is -0.481 e. The molecule has 0 radical (unpaired) electrons. The van der Waals surface area contributed by atoms with Crippen molar-refractivity contribution in [3.05, 3.63) is 58.9 Å². The number of rotatable bonds is 4. The maximum atomic E-state index is 14.0. The van der Waals surface area contributed by atoms with Crippen LogP contribution < -0.4 is 0 Å². The average molecular weight is 318 g/mol. The van der Waals surface area contributed by atoms with E-state index in [2.05, 4.69) is 4.98 Å². The first kappa shape index (κ1) is 14.6. The van der Waals surface area contributed by atoms with Gasteiger partial charge in [-0.25, -0.2) is 4.39 Å². The zero-order valence-electron chi connectivity index (χ0n) is 11.6. The molecule has 0 aliphatic carbocycles. The number of aliphatic carboxylic acids is 1. The molecule has 0 atom stereocenters. The highest BCUT2D eigenvalue weighted by atomic mass is 35.5. The van der Waals surface area contributed by atoms with Crippen LogP contribution in [0.2, 0.25) is 5.02 Å². The molecule has 3 aromatic rings. The van der Waals surface area contributed by atoms with Gasteiger partial charge in [0.2, 0.25) is 0 Å². The largest absolute Gasteiger partial charge is 0.481 e. The Morgan fingerprint density at radius 2 is 2.00 bits per heavy atom. The summed E-state index contributed by atoms with van der Waals surface area (Å²) in [5.74, 6) is -1.21. The number of fused-ring (bicyclic) bond motifs is 1. The van der Waals surface area contributed by atoms with Gasteiger partial charge in [-0.3, -0.25) is 4.79 Å². The number of hydrogen-bond acceptors (Lipinski definition) is 1. The first-order valence-electron chi connectivity index (χ1n) is 6.82. The molecule has 1 heterocycles. The fourth-order valence-corrected chi connectivity index (χ4v) is 2.60. The van der Waals surface area contributed by atoms with Crippen LogP contribution in [0.15, 0.2) is 42.5 Å². The van der Waals surface area contributed by atoms with Crippen LogP contribution in [0, 0.1) is 5.82 Å². The van der Waals surface area contributed by atoms with Crippen LogP contribution in [-0.4, -0.2) is 16.1 Å². The van der Waals surface area contributed by atoms with Crippen LogP contribution in [0.4, 0.5) is 4.39 Å². The molecule has 5 heteroatoms. The third-order valence-corrected chi connectivity index (χ3v) is 3.77. The van der Waals surface area contributed by atoms with Crippen LogP contribution in [0.3, 0.4) is 0 Å². The lowest BCUT2D eigenvalue weighted by Gasteiger charge is -2.00. The Kier molecular flexibility index (Phi) is 3.86. The van der Waals surface area contributed by atoms with Gasteiger partial charge in [0.25, 0.3) is 0 Å². The van der Waals surface area contributed by atoms with E-state index in [0.717, 1.165) is 16.5 Å². The highest BCUT2D eigenvalue weighted by Gasteiger charge is 2.09. The molecule has 0 aliphatic heterocycles. The SMILES string of the molecule is O=C(O)CCc1ccc2[nH]c(-c3ccc(Cl)cc3F)cc2c1. The van der Waals surface area contributed by atoms with Gasteiger partial charge in [0.15, 0.2) is 0 Å². The van der Waals surface area contributed by atoms with E-state index in [4.69, 9.17) is 16.7 Å². The Morgan fingerprint density at radius 3 is 2.73 bits per heavy atom. The van der Waals surface area contributed by atoms with Crippen LogP contribution in [0.5, 0.6) is 0 Å². The predicted molar refractivity (Wildman–Crippen MR) is 84.7 cm³/mol. The van der Waals surface area contributed by atoms with Crippen molar-refractivity contribution in [3.8, 4) is 11.3 Å². The quantitative estimate of drug-likeness (QED) is 0.736. The number of nitrogens with one attached hydrogen (secondary N) is 1. The number of halogens is 2. The second-order valence-corrected chi connectivity index (χ2v) is 5.56. The van der Waals surface area contributed by atoms with E-state index in [9.17, 15) is 9.18 Å². The number of aromatic amines is 1. The van der Waals surface area contributed by atoms with Gasteiger partial charge in [-0.1, -0.05) is 17.7 Å². The summed E-state index contributed by atoms with van der Waals surface area (Å²) < 4.78 is 14.0. The monoisotopic (exact) mass is 317 g/mol. The summed E-state index contributed by atoms with van der Waals surface area (Å²) in [6, 6.07) is 12.1. The Balaban J connectivity index is 1.97. The Morgan fingerprint density at radius 1 is 1.18 bits per heavy atom. The number of hydrogen-bond donors (Lipinski definition) is 2. The molecule has 112 valence electrons. The molecule has 22 heavy (non-hydrogen) atoms. The normalized spacial score (nSPS) is 11.0. The lowest BCUT2D eigenvalue weighted by atomic mass is 10.1. The third kappa shape index (κ3) is 2.97. The number of aryl methyl sites for hydroxylation is 1. The van der Waals surface area contributed by atoms with E-state index in [-0.39, 0.29) is 12.2 Å². The standard InChI is InChI=1S/C17H13ClFNO2/c18-12-3-4-13(14(19)9-12)16-8-11-7-10(2-6-17(21)22)1-5-15(11)20-16/h1,3-5,7-9,20H,2,6H2,(H,21,22). The van der Waals surface area contributed by atoms with Crippen LogP contribution >= 0.6 is 11.6 Å². The number of benzene rings is 2. The second kappa shape index (κ2) is 5.81. The van der Waals surface area contributed by atoms with Gasteiger partial charge in [0.1, 0.15) is 5.82 Å². The van der Waals surface area contributed by atoms with E-state index in [1.54, 1.807) is 12.1 Å². The number of H-pyrrole nitrogens is 1. The molecule has 0 saturated heterocycles. The molecular formula is C17H13ClFNO2. The van der Waals surface area contributed by atoms with Crippen molar-refractivity contribution < 1.29 is 14.3 Å². The summed E-state index contributed by atoms with van der Waals surface area (Å²) in [5, 5.41) is 10.0. The van der Waals surface area contributed by atoms with Crippen molar-refractivity contribution in [1.29, 1.82) is 0 Å². The molecule has 0 aliphatic rings. The molecular weight excluding hydrogens is 305 g/mol. The minimum atomic E-state index is -0.821. The van der Waals surface area contributed by atoms with E-state index < -0.39 is 5.97 Å². The lowest BCUT2D eigenvalue weighted by Crippen LogP contribution is -1.96. The van der Waals surface area contributed by atoms with Gasteiger partial charge in [0.05, 0.1) is 0 Å². The van der Waals surface area contributed by atoms with Crippen LogP contribution in [0.25, 0.3) is 22.2 Å². The molecule has 3 rings (SSSR count). The third-order valence-electron chi connectivity index (χ3n) is 3.53. The molecule has 2 N–H and O–H groups in total. The molecule has 0 unspecified atom stereocenters. The summed E-state index contributed by atoms with van der Waals surface area (Å²) >= 11 is 5.77. The van der Waals surface area contributed by atoms with Gasteiger partial charge < -0.3 is 10.1 Å². The van der Waals surface area contributed by atoms with Gasteiger partial charge in [-0.15, -0.1) is 0 Å². The first-order valence-corrected chi connectivity index (χ1v) is 7.19. The molecule has 0 fully saturated rings. The molecule has 2 aromatic carbocycles. The van der Waals surface area contributed by atoms with Crippen LogP contribution in [0.1, 0.15) is 12.0 Å². The molecule has 0 saturated carbocycles. The smallest absolute Gasteiger partial charge is 0.303 e. The topological polar surface area (TPSA) is 53.1 Å². The van der Waals surface area contributed by atoms with E-state index >= 15 is 0 Å². The fraction of sp³-hybridized carbons (Fsp3) is 0.118. The zero-order valence-corrected chi connectivity index (χ0v) is 12.3. The Hall–Kier alpha value is -2.33. The summed E-state index contributed by atoms with van der Waals surface area (Å²) in [7, 11) is 0. The Labute approximate surface area is 131 Å².